The summed E-state index contributed by atoms with van der Waals surface area (Å²) in [6.07, 6.45) is 2.44. The number of aromatic nitrogens is 3. The van der Waals surface area contributed by atoms with Crippen molar-refractivity contribution in [1.29, 1.82) is 0 Å². The fraction of sp³-hybridized carbons (Fsp3) is 0.467. The van der Waals surface area contributed by atoms with Crippen molar-refractivity contribution in [3.8, 4) is 5.75 Å². The number of rotatable bonds is 4. The van der Waals surface area contributed by atoms with Crippen LogP contribution in [0.15, 0.2) is 17.3 Å². The molecular weight excluding hydrogens is 322 g/mol. The van der Waals surface area contributed by atoms with Crippen LogP contribution >= 0.6 is 23.4 Å². The molecule has 2 aromatic rings. The van der Waals surface area contributed by atoms with E-state index in [0.29, 0.717) is 24.5 Å². The Kier molecular flexibility index (Phi) is 3.76. The quantitative estimate of drug-likeness (QED) is 0.795. The van der Waals surface area contributed by atoms with Gasteiger partial charge in [0.25, 0.3) is 0 Å². The van der Waals surface area contributed by atoms with Crippen LogP contribution in [0.3, 0.4) is 0 Å². The standard InChI is InChI=1S/C15H16ClN3O2S/c1-9-17-18-15(19(9)13-2-3-13)22-7-11-5-12(16)4-10-6-20-8-21-14(10)11/h4-5,13H,2-3,6-8H2,1H3. The molecule has 7 heteroatoms. The highest BCUT2D eigenvalue weighted by molar-refractivity contribution is 7.98. The number of hydrogen-bond acceptors (Lipinski definition) is 5. The summed E-state index contributed by atoms with van der Waals surface area (Å²) in [6.45, 7) is 2.85. The summed E-state index contributed by atoms with van der Waals surface area (Å²) in [4.78, 5) is 0. The number of halogens is 1. The minimum absolute atomic E-state index is 0.295. The van der Waals surface area contributed by atoms with Crippen LogP contribution in [-0.2, 0) is 17.1 Å². The molecule has 0 radical (unpaired) electrons. The molecule has 116 valence electrons. The van der Waals surface area contributed by atoms with Crippen molar-refractivity contribution in [1.82, 2.24) is 14.8 Å². The van der Waals surface area contributed by atoms with Gasteiger partial charge in [0, 0.05) is 27.9 Å². The van der Waals surface area contributed by atoms with Gasteiger partial charge in [0.1, 0.15) is 11.6 Å². The summed E-state index contributed by atoms with van der Waals surface area (Å²) in [6, 6.07) is 4.44. The molecule has 4 rings (SSSR count). The largest absolute Gasteiger partial charge is 0.467 e. The van der Waals surface area contributed by atoms with Crippen LogP contribution in [0.5, 0.6) is 5.75 Å². The highest BCUT2D eigenvalue weighted by Gasteiger charge is 2.28. The van der Waals surface area contributed by atoms with Gasteiger partial charge < -0.3 is 14.0 Å². The SMILES string of the molecule is Cc1nnc(SCc2cc(Cl)cc3c2OCOC3)n1C1CC1. The Morgan fingerprint density at radius 2 is 2.23 bits per heavy atom. The summed E-state index contributed by atoms with van der Waals surface area (Å²) >= 11 is 7.89. The Morgan fingerprint density at radius 3 is 3.05 bits per heavy atom. The minimum atomic E-state index is 0.295. The highest BCUT2D eigenvalue weighted by atomic mass is 35.5. The Hall–Kier alpha value is -1.24. The average molecular weight is 338 g/mol. The Balaban J connectivity index is 1.58. The fourth-order valence-electron chi connectivity index (χ4n) is 2.71. The van der Waals surface area contributed by atoms with Gasteiger partial charge in [0.15, 0.2) is 11.9 Å². The molecule has 0 saturated heterocycles. The molecule has 0 N–H and O–H groups in total. The predicted octanol–water partition coefficient (Wildman–Crippen LogP) is 3.73. The molecule has 1 fully saturated rings. The van der Waals surface area contributed by atoms with Gasteiger partial charge in [-0.05, 0) is 31.9 Å². The van der Waals surface area contributed by atoms with E-state index in [1.165, 1.54) is 12.8 Å². The van der Waals surface area contributed by atoms with Gasteiger partial charge >= 0.3 is 0 Å². The topological polar surface area (TPSA) is 49.2 Å². The minimum Gasteiger partial charge on any atom is -0.467 e. The predicted molar refractivity (Wildman–Crippen MR) is 84.3 cm³/mol. The van der Waals surface area contributed by atoms with Gasteiger partial charge in [0.05, 0.1) is 6.61 Å². The number of aryl methyl sites for hydroxylation is 1. The van der Waals surface area contributed by atoms with E-state index in [1.54, 1.807) is 11.8 Å². The Labute approximate surface area is 138 Å². The van der Waals surface area contributed by atoms with Crippen LogP contribution in [0, 0.1) is 6.92 Å². The van der Waals surface area contributed by atoms with Gasteiger partial charge in [-0.1, -0.05) is 23.4 Å². The zero-order valence-corrected chi connectivity index (χ0v) is 13.8. The van der Waals surface area contributed by atoms with E-state index in [0.717, 1.165) is 33.6 Å². The van der Waals surface area contributed by atoms with Crippen LogP contribution in [-0.4, -0.2) is 21.6 Å². The van der Waals surface area contributed by atoms with Gasteiger partial charge in [-0.2, -0.15) is 0 Å². The fourth-order valence-corrected chi connectivity index (χ4v) is 3.99. The van der Waals surface area contributed by atoms with E-state index in [-0.39, 0.29) is 0 Å². The lowest BCUT2D eigenvalue weighted by atomic mass is 10.1. The molecule has 1 aliphatic carbocycles. The summed E-state index contributed by atoms with van der Waals surface area (Å²) in [5, 5.41) is 10.2. The van der Waals surface area contributed by atoms with E-state index in [1.807, 2.05) is 19.1 Å². The Morgan fingerprint density at radius 1 is 1.36 bits per heavy atom. The highest BCUT2D eigenvalue weighted by Crippen LogP contribution is 2.40. The number of ether oxygens (including phenoxy) is 2. The van der Waals surface area contributed by atoms with Gasteiger partial charge in [0.2, 0.25) is 0 Å². The van der Waals surface area contributed by atoms with Crippen molar-refractivity contribution in [3.05, 3.63) is 34.1 Å². The van der Waals surface area contributed by atoms with Crippen LogP contribution in [0.4, 0.5) is 0 Å². The van der Waals surface area contributed by atoms with Gasteiger partial charge in [-0.25, -0.2) is 0 Å². The van der Waals surface area contributed by atoms with Crippen molar-refractivity contribution in [2.45, 2.75) is 43.3 Å². The van der Waals surface area contributed by atoms with Crippen LogP contribution < -0.4 is 4.74 Å². The van der Waals surface area contributed by atoms with E-state index in [4.69, 9.17) is 21.1 Å². The lowest BCUT2D eigenvalue weighted by molar-refractivity contribution is -0.0168. The normalized spacial score (nSPS) is 17.2. The molecule has 2 heterocycles. The number of hydrogen-bond donors (Lipinski definition) is 0. The average Bonchev–Trinajstić information content (AvgIpc) is 3.28. The lowest BCUT2D eigenvalue weighted by Gasteiger charge is -2.21. The molecule has 0 atom stereocenters. The van der Waals surface area contributed by atoms with E-state index >= 15 is 0 Å². The van der Waals surface area contributed by atoms with E-state index in [9.17, 15) is 0 Å². The first-order chi connectivity index (χ1) is 10.7. The maximum atomic E-state index is 6.21. The second-order valence-electron chi connectivity index (χ2n) is 5.58. The number of fused-ring (bicyclic) bond motifs is 1. The molecule has 1 aromatic heterocycles. The zero-order chi connectivity index (χ0) is 15.1. The molecule has 5 nitrogen and oxygen atoms in total. The molecule has 0 bridgehead atoms. The van der Waals surface area contributed by atoms with Crippen LogP contribution in [0.2, 0.25) is 5.02 Å². The first kappa shape index (κ1) is 14.4. The second-order valence-corrected chi connectivity index (χ2v) is 6.96. The third kappa shape index (κ3) is 2.71. The molecule has 0 unspecified atom stereocenters. The van der Waals surface area contributed by atoms with Crippen molar-refractivity contribution in [3.63, 3.8) is 0 Å². The first-order valence-corrected chi connectivity index (χ1v) is 8.65. The second kappa shape index (κ2) is 5.76. The molecule has 1 saturated carbocycles. The maximum absolute atomic E-state index is 6.21. The van der Waals surface area contributed by atoms with Crippen molar-refractivity contribution >= 4 is 23.4 Å². The van der Waals surface area contributed by atoms with Crippen molar-refractivity contribution in [2.75, 3.05) is 6.79 Å². The van der Waals surface area contributed by atoms with Crippen LogP contribution in [0.25, 0.3) is 0 Å². The van der Waals surface area contributed by atoms with Crippen molar-refractivity contribution < 1.29 is 9.47 Å². The summed E-state index contributed by atoms with van der Waals surface area (Å²) < 4.78 is 13.2. The monoisotopic (exact) mass is 337 g/mol. The number of thioether (sulfide) groups is 1. The Bertz CT molecular complexity index is 715. The smallest absolute Gasteiger partial charge is 0.191 e. The molecule has 1 aromatic carbocycles. The van der Waals surface area contributed by atoms with Gasteiger partial charge in [-0.15, -0.1) is 10.2 Å². The molecule has 1 aliphatic heterocycles. The van der Waals surface area contributed by atoms with E-state index in [2.05, 4.69) is 14.8 Å². The zero-order valence-electron chi connectivity index (χ0n) is 12.2. The van der Waals surface area contributed by atoms with Crippen molar-refractivity contribution in [2.24, 2.45) is 0 Å². The number of nitrogens with zero attached hydrogens (tertiary/aromatic N) is 3. The summed E-state index contributed by atoms with van der Waals surface area (Å²) in [7, 11) is 0. The third-order valence-electron chi connectivity index (χ3n) is 3.86. The molecule has 22 heavy (non-hydrogen) atoms. The third-order valence-corrected chi connectivity index (χ3v) is 5.07. The van der Waals surface area contributed by atoms with E-state index < -0.39 is 0 Å². The molecular formula is C15H16ClN3O2S. The van der Waals surface area contributed by atoms with Crippen LogP contribution in [0.1, 0.15) is 35.8 Å². The number of benzene rings is 1. The summed E-state index contributed by atoms with van der Waals surface area (Å²) in [5.41, 5.74) is 2.09. The van der Waals surface area contributed by atoms with Gasteiger partial charge in [-0.3, -0.25) is 0 Å². The maximum Gasteiger partial charge on any atom is 0.191 e. The molecule has 0 spiro atoms. The first-order valence-electron chi connectivity index (χ1n) is 7.28. The molecule has 0 amide bonds. The summed E-state index contributed by atoms with van der Waals surface area (Å²) in [5.74, 6) is 2.65. The lowest BCUT2D eigenvalue weighted by Crippen LogP contribution is -2.13. The molecule has 2 aliphatic rings.